The Hall–Kier alpha value is -2.25. The molecule has 0 radical (unpaired) electrons. The van der Waals surface area contributed by atoms with E-state index >= 15 is 0 Å². The Kier molecular flexibility index (Phi) is 4.52. The monoisotopic (exact) mass is 402 g/mol. The molecule has 6 nitrogen and oxygen atoms in total. The van der Waals surface area contributed by atoms with Crippen molar-refractivity contribution in [1.82, 2.24) is 4.98 Å². The van der Waals surface area contributed by atoms with Crippen LogP contribution in [0.2, 0.25) is 5.02 Å². The van der Waals surface area contributed by atoms with Crippen molar-refractivity contribution >= 4 is 40.1 Å². The molecule has 0 saturated heterocycles. The summed E-state index contributed by atoms with van der Waals surface area (Å²) in [6.45, 7) is 4.37. The Bertz CT molecular complexity index is 978. The van der Waals surface area contributed by atoms with Crippen LogP contribution in [0.1, 0.15) is 33.6 Å². The number of nitrogens with zero attached hydrogens (tertiary/aromatic N) is 2. The highest BCUT2D eigenvalue weighted by molar-refractivity contribution is 8.14. The zero-order valence-corrected chi connectivity index (χ0v) is 16.6. The standard InChI is InChI=1S/C19H19ClN4O2S/c1-10-8-22-16(15(20)11(10)2)17(25)23-12-3-4-14-13(7-12)19(5-6-26-14)9-27-18(21)24-19/h3-4,7-8H,5-6,9H2,1-2H3,(H2,21,24)(H,23,25). The quantitative estimate of drug-likeness (QED) is 0.800. The largest absolute Gasteiger partial charge is 0.493 e. The van der Waals surface area contributed by atoms with Crippen molar-refractivity contribution in [2.45, 2.75) is 25.8 Å². The van der Waals surface area contributed by atoms with Crippen LogP contribution in [0.4, 0.5) is 5.69 Å². The lowest BCUT2D eigenvalue weighted by Crippen LogP contribution is -2.32. The second kappa shape index (κ2) is 6.73. The first kappa shape index (κ1) is 18.1. The number of anilines is 1. The summed E-state index contributed by atoms with van der Waals surface area (Å²) in [5.41, 5.74) is 9.12. The fraction of sp³-hybridized carbons (Fsp3) is 0.316. The fourth-order valence-corrected chi connectivity index (χ4v) is 4.58. The molecule has 0 bridgehead atoms. The number of thioether (sulfide) groups is 1. The maximum atomic E-state index is 12.7. The number of fused-ring (bicyclic) bond motifs is 2. The zero-order chi connectivity index (χ0) is 19.2. The number of hydrogen-bond acceptors (Lipinski definition) is 6. The molecule has 2 aromatic rings. The molecule has 8 heteroatoms. The number of aliphatic imine (C=N–C) groups is 1. The highest BCUT2D eigenvalue weighted by Crippen LogP contribution is 2.46. The molecule has 1 amide bonds. The third kappa shape index (κ3) is 3.15. The lowest BCUT2D eigenvalue weighted by atomic mass is 9.86. The van der Waals surface area contributed by atoms with E-state index in [1.165, 1.54) is 0 Å². The molecule has 4 rings (SSSR count). The first-order chi connectivity index (χ1) is 12.9. The van der Waals surface area contributed by atoms with Crippen molar-refractivity contribution in [3.8, 4) is 5.75 Å². The number of benzene rings is 1. The number of nitrogens with one attached hydrogen (secondary N) is 1. The highest BCUT2D eigenvalue weighted by Gasteiger charge is 2.41. The van der Waals surface area contributed by atoms with Crippen LogP contribution in [-0.2, 0) is 5.54 Å². The molecule has 27 heavy (non-hydrogen) atoms. The van der Waals surface area contributed by atoms with Crippen LogP contribution in [0, 0.1) is 13.8 Å². The highest BCUT2D eigenvalue weighted by atomic mass is 35.5. The zero-order valence-electron chi connectivity index (χ0n) is 15.0. The average molecular weight is 403 g/mol. The van der Waals surface area contributed by atoms with Gasteiger partial charge >= 0.3 is 0 Å². The Balaban J connectivity index is 1.66. The lowest BCUT2D eigenvalue weighted by Gasteiger charge is -2.32. The number of carbonyl (C=O) groups is 1. The molecule has 3 heterocycles. The predicted molar refractivity (Wildman–Crippen MR) is 109 cm³/mol. The maximum Gasteiger partial charge on any atom is 0.275 e. The number of aromatic nitrogens is 1. The van der Waals surface area contributed by atoms with E-state index in [0.29, 0.717) is 22.5 Å². The van der Waals surface area contributed by atoms with E-state index in [-0.39, 0.29) is 17.1 Å². The van der Waals surface area contributed by atoms with Gasteiger partial charge in [0.15, 0.2) is 5.17 Å². The number of carbonyl (C=O) groups excluding carboxylic acids is 1. The summed E-state index contributed by atoms with van der Waals surface area (Å²) in [4.78, 5) is 21.5. The van der Waals surface area contributed by atoms with Gasteiger partial charge in [-0.1, -0.05) is 23.4 Å². The molecule has 1 atom stereocenters. The van der Waals surface area contributed by atoms with Crippen LogP contribution in [-0.4, -0.2) is 28.4 Å². The van der Waals surface area contributed by atoms with Gasteiger partial charge in [-0.15, -0.1) is 0 Å². The van der Waals surface area contributed by atoms with E-state index < -0.39 is 0 Å². The van der Waals surface area contributed by atoms with E-state index in [0.717, 1.165) is 34.6 Å². The normalized spacial score (nSPS) is 20.8. The van der Waals surface area contributed by atoms with Gasteiger partial charge in [0.1, 0.15) is 17.0 Å². The molecule has 3 N–H and O–H groups in total. The molecular formula is C19H19ClN4O2S. The van der Waals surface area contributed by atoms with Crippen LogP contribution >= 0.6 is 23.4 Å². The number of nitrogens with two attached hydrogens (primary N) is 1. The summed E-state index contributed by atoms with van der Waals surface area (Å²) in [6, 6.07) is 5.57. The average Bonchev–Trinajstić information content (AvgIpc) is 3.02. The van der Waals surface area contributed by atoms with Crippen LogP contribution in [0.25, 0.3) is 0 Å². The summed E-state index contributed by atoms with van der Waals surface area (Å²) in [5, 5.41) is 3.84. The van der Waals surface area contributed by atoms with Gasteiger partial charge in [0.2, 0.25) is 0 Å². The SMILES string of the molecule is Cc1cnc(C(=O)Nc2ccc3c(c2)C2(CCO3)CSC(N)=N2)c(Cl)c1C. The minimum absolute atomic E-state index is 0.210. The summed E-state index contributed by atoms with van der Waals surface area (Å²) in [7, 11) is 0. The van der Waals surface area contributed by atoms with E-state index in [2.05, 4.69) is 15.3 Å². The van der Waals surface area contributed by atoms with Crippen LogP contribution in [0.5, 0.6) is 5.75 Å². The van der Waals surface area contributed by atoms with Gasteiger partial charge in [0.25, 0.3) is 5.91 Å². The van der Waals surface area contributed by atoms with Gasteiger partial charge in [-0.2, -0.15) is 0 Å². The molecule has 2 aliphatic rings. The Morgan fingerprint density at radius 3 is 2.96 bits per heavy atom. The number of ether oxygens (including phenoxy) is 1. The van der Waals surface area contributed by atoms with E-state index in [1.807, 2.05) is 26.0 Å². The summed E-state index contributed by atoms with van der Waals surface area (Å²) >= 11 is 7.86. The lowest BCUT2D eigenvalue weighted by molar-refractivity contribution is 0.102. The number of rotatable bonds is 2. The van der Waals surface area contributed by atoms with Crippen molar-refractivity contribution in [3.05, 3.63) is 51.8 Å². The van der Waals surface area contributed by atoms with Crippen molar-refractivity contribution in [2.24, 2.45) is 10.7 Å². The molecular weight excluding hydrogens is 384 g/mol. The summed E-state index contributed by atoms with van der Waals surface area (Å²) < 4.78 is 5.77. The van der Waals surface area contributed by atoms with E-state index in [1.54, 1.807) is 24.0 Å². The number of halogens is 1. The number of hydrogen-bond donors (Lipinski definition) is 2. The number of pyridine rings is 1. The van der Waals surface area contributed by atoms with E-state index in [9.17, 15) is 4.79 Å². The van der Waals surface area contributed by atoms with Crippen LogP contribution in [0.3, 0.4) is 0 Å². The maximum absolute atomic E-state index is 12.7. The third-order valence-electron chi connectivity index (χ3n) is 5.03. The molecule has 0 saturated carbocycles. The molecule has 0 fully saturated rings. The summed E-state index contributed by atoms with van der Waals surface area (Å²) in [5.74, 6) is 1.20. The fourth-order valence-electron chi connectivity index (χ4n) is 3.31. The topological polar surface area (TPSA) is 89.6 Å². The van der Waals surface area contributed by atoms with Gasteiger partial charge in [0.05, 0.1) is 11.6 Å². The Morgan fingerprint density at radius 2 is 2.22 bits per heavy atom. The van der Waals surface area contributed by atoms with Crippen molar-refractivity contribution < 1.29 is 9.53 Å². The van der Waals surface area contributed by atoms with Crippen LogP contribution in [0.15, 0.2) is 29.4 Å². The van der Waals surface area contributed by atoms with Gasteiger partial charge in [-0.25, -0.2) is 4.98 Å². The van der Waals surface area contributed by atoms with Crippen LogP contribution < -0.4 is 15.8 Å². The predicted octanol–water partition coefficient (Wildman–Crippen LogP) is 3.64. The smallest absolute Gasteiger partial charge is 0.275 e. The number of aryl methyl sites for hydroxylation is 1. The van der Waals surface area contributed by atoms with Crippen molar-refractivity contribution in [2.75, 3.05) is 17.7 Å². The van der Waals surface area contributed by atoms with Gasteiger partial charge in [-0.3, -0.25) is 9.79 Å². The van der Waals surface area contributed by atoms with Crippen molar-refractivity contribution in [3.63, 3.8) is 0 Å². The molecule has 2 aliphatic heterocycles. The Labute approximate surface area is 166 Å². The van der Waals surface area contributed by atoms with Gasteiger partial charge in [-0.05, 0) is 43.2 Å². The first-order valence-electron chi connectivity index (χ1n) is 8.58. The second-order valence-electron chi connectivity index (χ2n) is 6.76. The van der Waals surface area contributed by atoms with Gasteiger partial charge in [0, 0.05) is 29.6 Å². The molecule has 1 aromatic carbocycles. The summed E-state index contributed by atoms with van der Waals surface area (Å²) in [6.07, 6.45) is 2.41. The molecule has 0 aliphatic carbocycles. The van der Waals surface area contributed by atoms with Crippen molar-refractivity contribution in [1.29, 1.82) is 0 Å². The number of amidine groups is 1. The Morgan fingerprint density at radius 1 is 1.41 bits per heavy atom. The van der Waals surface area contributed by atoms with Gasteiger partial charge < -0.3 is 15.8 Å². The molecule has 140 valence electrons. The second-order valence-corrected chi connectivity index (χ2v) is 8.14. The molecule has 1 aromatic heterocycles. The van der Waals surface area contributed by atoms with E-state index in [4.69, 9.17) is 22.1 Å². The minimum atomic E-state index is -0.389. The third-order valence-corrected chi connectivity index (χ3v) is 6.50. The molecule has 1 unspecified atom stereocenters. The first-order valence-corrected chi connectivity index (χ1v) is 9.94. The minimum Gasteiger partial charge on any atom is -0.493 e. The number of amides is 1. The molecule has 1 spiro atoms.